The molecule has 2 heterocycles. The Morgan fingerprint density at radius 3 is 1.98 bits per heavy atom. The first-order chi connectivity index (χ1) is 26.0. The van der Waals surface area contributed by atoms with Gasteiger partial charge < -0.3 is 70.0 Å². The van der Waals surface area contributed by atoms with E-state index in [2.05, 4.69) is 26.8 Å². The first-order valence-corrected chi connectivity index (χ1v) is 21.0. The van der Waals surface area contributed by atoms with Crippen LogP contribution in [-0.4, -0.2) is 150 Å². The molecule has 0 bridgehead atoms. The highest BCUT2D eigenvalue weighted by Gasteiger charge is 2.73. The van der Waals surface area contributed by atoms with Crippen molar-refractivity contribution in [3.05, 3.63) is 11.6 Å². The predicted octanol–water partition coefficient (Wildman–Crippen LogP) is 1.12. The normalized spacial score (nSPS) is 52.6. The van der Waals surface area contributed by atoms with Gasteiger partial charge >= 0.3 is 0 Å². The molecule has 2 saturated heterocycles. The molecule has 324 valence electrons. The van der Waals surface area contributed by atoms with Gasteiger partial charge in [0, 0.05) is 0 Å². The lowest BCUT2D eigenvalue weighted by Gasteiger charge is -2.72. The number of hydrogen-bond donors (Lipinski definition) is 10. The average Bonchev–Trinajstić information content (AvgIpc) is 3.51. The topological polar surface area (TPSA) is 239 Å². The highest BCUT2D eigenvalue weighted by atomic mass is 16.8. The van der Waals surface area contributed by atoms with Gasteiger partial charge in [-0.1, -0.05) is 46.3 Å². The van der Waals surface area contributed by atoms with Crippen LogP contribution in [0.5, 0.6) is 0 Å². The fourth-order valence-corrected chi connectivity index (χ4v) is 13.4. The number of ether oxygens (including phenoxy) is 4. The summed E-state index contributed by atoms with van der Waals surface area (Å²) in [6, 6.07) is 0. The third-order valence-electron chi connectivity index (χ3n) is 16.5. The second kappa shape index (κ2) is 15.9. The number of aliphatic hydroxyl groups is 10. The van der Waals surface area contributed by atoms with E-state index < -0.39 is 120 Å². The minimum absolute atomic E-state index is 0.0169. The van der Waals surface area contributed by atoms with E-state index in [1.807, 2.05) is 34.6 Å². The molecule has 0 aromatic rings. The molecule has 0 amide bonds. The average molecular weight is 801 g/mol. The zero-order valence-electron chi connectivity index (χ0n) is 34.6. The molecular formula is C42H72O14. The summed E-state index contributed by atoms with van der Waals surface area (Å²) in [6.07, 6.45) is -10.6. The molecule has 0 aromatic heterocycles. The van der Waals surface area contributed by atoms with Crippen LogP contribution in [0.1, 0.15) is 107 Å². The Kier molecular flexibility index (Phi) is 12.7. The first-order valence-electron chi connectivity index (χ1n) is 21.0. The summed E-state index contributed by atoms with van der Waals surface area (Å²) in [7, 11) is 0. The molecule has 4 aliphatic carbocycles. The SMILES string of the molecule is CC(C)=CCCC(C)(O)C1CCC2(C)C1C(O)CC1C3(C)CCC(O)C(C)(C)C3C(OC3OC(CO)C(O)C(O)C3OC3OC(CO)C(O)C(O)C3O)CC12C. The van der Waals surface area contributed by atoms with E-state index in [-0.39, 0.29) is 23.7 Å². The van der Waals surface area contributed by atoms with Crippen LogP contribution in [0.3, 0.4) is 0 Å². The van der Waals surface area contributed by atoms with Gasteiger partial charge in [-0.2, -0.15) is 0 Å². The number of allylic oxidation sites excluding steroid dienone is 2. The van der Waals surface area contributed by atoms with Crippen molar-refractivity contribution in [3.8, 4) is 0 Å². The Labute approximate surface area is 331 Å². The molecule has 6 fully saturated rings. The minimum atomic E-state index is -1.81. The molecule has 14 heteroatoms. The van der Waals surface area contributed by atoms with Gasteiger partial charge in [0.1, 0.15) is 48.8 Å². The second-order valence-corrected chi connectivity index (χ2v) is 20.3. The number of rotatable bonds is 10. The molecule has 6 rings (SSSR count). The van der Waals surface area contributed by atoms with E-state index in [0.29, 0.717) is 32.1 Å². The third-order valence-corrected chi connectivity index (χ3v) is 16.5. The van der Waals surface area contributed by atoms with Gasteiger partial charge in [0.2, 0.25) is 0 Å². The third kappa shape index (κ3) is 7.16. The van der Waals surface area contributed by atoms with E-state index in [9.17, 15) is 51.1 Å². The highest BCUT2D eigenvalue weighted by Crippen LogP contribution is 2.76. The molecule has 0 radical (unpaired) electrons. The zero-order chi connectivity index (χ0) is 41.5. The molecule has 56 heavy (non-hydrogen) atoms. The summed E-state index contributed by atoms with van der Waals surface area (Å²) in [5.41, 5.74) is -1.85. The molecule has 21 unspecified atom stereocenters. The molecule has 0 spiro atoms. The van der Waals surface area contributed by atoms with Gasteiger partial charge in [-0.05, 0) is 117 Å². The molecule has 6 aliphatic rings. The van der Waals surface area contributed by atoms with E-state index in [1.165, 1.54) is 5.57 Å². The molecule has 21 atom stereocenters. The Morgan fingerprint density at radius 2 is 1.38 bits per heavy atom. The lowest BCUT2D eigenvalue weighted by Crippen LogP contribution is -2.71. The Hall–Kier alpha value is -0.820. The van der Waals surface area contributed by atoms with Crippen molar-refractivity contribution in [2.45, 2.75) is 192 Å². The largest absolute Gasteiger partial charge is 0.394 e. The van der Waals surface area contributed by atoms with E-state index in [4.69, 9.17) is 18.9 Å². The maximum absolute atomic E-state index is 12.3. The molecule has 4 saturated carbocycles. The Bertz CT molecular complexity index is 1400. The van der Waals surface area contributed by atoms with Crippen LogP contribution in [-0.2, 0) is 18.9 Å². The molecule has 0 aromatic carbocycles. The highest BCUT2D eigenvalue weighted by molar-refractivity contribution is 5.22. The lowest BCUT2D eigenvalue weighted by atomic mass is 9.34. The maximum atomic E-state index is 12.3. The smallest absolute Gasteiger partial charge is 0.187 e. The van der Waals surface area contributed by atoms with Crippen LogP contribution in [0.2, 0.25) is 0 Å². The quantitative estimate of drug-likeness (QED) is 0.110. The van der Waals surface area contributed by atoms with Crippen molar-refractivity contribution in [1.82, 2.24) is 0 Å². The summed E-state index contributed by atoms with van der Waals surface area (Å²) >= 11 is 0. The Morgan fingerprint density at radius 1 is 0.768 bits per heavy atom. The van der Waals surface area contributed by atoms with Crippen LogP contribution in [0, 0.1) is 45.3 Å². The van der Waals surface area contributed by atoms with Crippen LogP contribution in [0.4, 0.5) is 0 Å². The fraction of sp³-hybridized carbons (Fsp3) is 0.952. The summed E-state index contributed by atoms with van der Waals surface area (Å²) in [5.74, 6) is -0.623. The van der Waals surface area contributed by atoms with Crippen molar-refractivity contribution in [2.75, 3.05) is 13.2 Å². The predicted molar refractivity (Wildman–Crippen MR) is 202 cm³/mol. The van der Waals surface area contributed by atoms with E-state index in [0.717, 1.165) is 19.3 Å². The lowest BCUT2D eigenvalue weighted by molar-refractivity contribution is -0.383. The summed E-state index contributed by atoms with van der Waals surface area (Å²) in [4.78, 5) is 0. The second-order valence-electron chi connectivity index (χ2n) is 20.3. The van der Waals surface area contributed by atoms with Crippen molar-refractivity contribution < 1.29 is 70.0 Å². The molecule has 14 nitrogen and oxygen atoms in total. The van der Waals surface area contributed by atoms with Crippen LogP contribution in [0.15, 0.2) is 11.6 Å². The summed E-state index contributed by atoms with van der Waals surface area (Å²) < 4.78 is 24.9. The summed E-state index contributed by atoms with van der Waals surface area (Å²) in [5, 5.41) is 110. The van der Waals surface area contributed by atoms with Crippen molar-refractivity contribution in [2.24, 2.45) is 45.3 Å². The van der Waals surface area contributed by atoms with Gasteiger partial charge in [0.25, 0.3) is 0 Å². The zero-order valence-corrected chi connectivity index (χ0v) is 34.6. The van der Waals surface area contributed by atoms with Crippen LogP contribution < -0.4 is 0 Å². The van der Waals surface area contributed by atoms with Gasteiger partial charge in [-0.15, -0.1) is 0 Å². The molecule has 10 N–H and O–H groups in total. The monoisotopic (exact) mass is 800 g/mol. The van der Waals surface area contributed by atoms with Crippen molar-refractivity contribution in [3.63, 3.8) is 0 Å². The van der Waals surface area contributed by atoms with Gasteiger partial charge in [-0.25, -0.2) is 0 Å². The molecular weight excluding hydrogens is 728 g/mol. The standard InChI is InChI=1S/C42H72O14/c1-20(2)10-9-13-42(8,52)21-11-15-40(6)28(21)22(45)16-26-39(5)14-12-27(46)38(3,4)35(39)23(17-41(26,40)7)53-37-34(32(50)30(48)25(19-44)55-37)56-36-33(51)31(49)29(47)24(18-43)54-36/h10,21-37,43-52H,9,11-19H2,1-8H3. The van der Waals surface area contributed by atoms with Crippen molar-refractivity contribution in [1.29, 1.82) is 0 Å². The summed E-state index contributed by atoms with van der Waals surface area (Å²) in [6.45, 7) is 15.5. The van der Waals surface area contributed by atoms with Crippen molar-refractivity contribution >= 4 is 0 Å². The maximum Gasteiger partial charge on any atom is 0.187 e. The van der Waals surface area contributed by atoms with E-state index >= 15 is 0 Å². The van der Waals surface area contributed by atoms with Gasteiger partial charge in [0.15, 0.2) is 12.6 Å². The Balaban J connectivity index is 1.38. The molecule has 2 aliphatic heterocycles. The minimum Gasteiger partial charge on any atom is -0.394 e. The van der Waals surface area contributed by atoms with Crippen LogP contribution >= 0.6 is 0 Å². The first kappa shape index (κ1) is 44.7. The number of fused-ring (bicyclic) bond motifs is 5. The number of hydrogen-bond acceptors (Lipinski definition) is 14. The fourth-order valence-electron chi connectivity index (χ4n) is 13.4. The van der Waals surface area contributed by atoms with E-state index in [1.54, 1.807) is 0 Å². The van der Waals surface area contributed by atoms with Gasteiger partial charge in [0.05, 0.1) is 37.1 Å². The van der Waals surface area contributed by atoms with Gasteiger partial charge in [-0.3, -0.25) is 0 Å². The number of aliphatic hydroxyl groups excluding tert-OH is 9. The van der Waals surface area contributed by atoms with Crippen LogP contribution in [0.25, 0.3) is 0 Å².